The van der Waals surface area contributed by atoms with Crippen LogP contribution in [-0.4, -0.2) is 30.6 Å². The van der Waals surface area contributed by atoms with Crippen LogP contribution in [0.2, 0.25) is 5.02 Å². The molecule has 0 aliphatic carbocycles. The van der Waals surface area contributed by atoms with E-state index in [0.717, 1.165) is 42.3 Å². The molecule has 2 N–H and O–H groups in total. The van der Waals surface area contributed by atoms with Gasteiger partial charge in [-0.2, -0.15) is 0 Å². The molecule has 140 valence electrons. The van der Waals surface area contributed by atoms with Gasteiger partial charge in [0.2, 0.25) is 0 Å². The molecule has 2 aromatic carbocycles. The number of urea groups is 1. The number of hydrogen-bond donors (Lipinski definition) is 2. The quantitative estimate of drug-likeness (QED) is 0.648. The molecule has 1 aliphatic heterocycles. The molecule has 2 amide bonds. The van der Waals surface area contributed by atoms with Gasteiger partial charge in [0.1, 0.15) is 0 Å². The number of halogens is 1. The summed E-state index contributed by atoms with van der Waals surface area (Å²) in [5.41, 5.74) is 1.81. The van der Waals surface area contributed by atoms with Crippen molar-refractivity contribution in [2.24, 2.45) is 5.92 Å². The van der Waals surface area contributed by atoms with E-state index in [4.69, 9.17) is 16.6 Å². The van der Waals surface area contributed by atoms with E-state index in [1.54, 1.807) is 35.6 Å². The lowest BCUT2D eigenvalue weighted by Crippen LogP contribution is -2.39. The predicted octanol–water partition coefficient (Wildman–Crippen LogP) is 4.99. The third-order valence-electron chi connectivity index (χ3n) is 4.82. The number of hydrogen-bond acceptors (Lipinski definition) is 4. The highest BCUT2D eigenvalue weighted by molar-refractivity contribution is 7.22. The molecule has 0 radical (unpaired) electrons. The van der Waals surface area contributed by atoms with E-state index in [1.165, 1.54) is 4.70 Å². The topological polar surface area (TPSA) is 57.3 Å². The Hall–Kier alpha value is -2.31. The van der Waals surface area contributed by atoms with Crippen molar-refractivity contribution in [1.82, 2.24) is 10.3 Å². The van der Waals surface area contributed by atoms with Gasteiger partial charge in [0.25, 0.3) is 0 Å². The molecule has 1 saturated heterocycles. The highest BCUT2D eigenvalue weighted by atomic mass is 35.5. The van der Waals surface area contributed by atoms with E-state index in [1.807, 2.05) is 6.07 Å². The van der Waals surface area contributed by atoms with Crippen molar-refractivity contribution < 1.29 is 4.79 Å². The van der Waals surface area contributed by atoms with Gasteiger partial charge in [0.15, 0.2) is 5.13 Å². The van der Waals surface area contributed by atoms with E-state index in [-0.39, 0.29) is 6.03 Å². The van der Waals surface area contributed by atoms with Crippen molar-refractivity contribution in [2.75, 3.05) is 29.9 Å². The Bertz CT molecular complexity index is 886. The Balaban J connectivity index is 1.24. The smallest absolute Gasteiger partial charge is 0.319 e. The fourth-order valence-corrected chi connectivity index (χ4v) is 4.41. The van der Waals surface area contributed by atoms with Crippen LogP contribution < -0.4 is 15.5 Å². The molecule has 7 heteroatoms. The highest BCUT2D eigenvalue weighted by Gasteiger charge is 2.22. The largest absolute Gasteiger partial charge is 0.348 e. The van der Waals surface area contributed by atoms with Gasteiger partial charge in [-0.3, -0.25) is 0 Å². The van der Waals surface area contributed by atoms with Gasteiger partial charge in [-0.25, -0.2) is 9.78 Å². The summed E-state index contributed by atoms with van der Waals surface area (Å²) in [6.45, 7) is 2.64. The van der Waals surface area contributed by atoms with Gasteiger partial charge >= 0.3 is 6.03 Å². The fourth-order valence-electron chi connectivity index (χ4n) is 3.27. The molecule has 1 aromatic heterocycles. The number of carbonyl (C=O) groups excluding carboxylic acids is 1. The molecule has 0 bridgehead atoms. The molecule has 1 aliphatic rings. The number of nitrogens with one attached hydrogen (secondary N) is 2. The maximum Gasteiger partial charge on any atom is 0.319 e. The van der Waals surface area contributed by atoms with Crippen molar-refractivity contribution in [2.45, 2.75) is 12.8 Å². The van der Waals surface area contributed by atoms with Crippen LogP contribution in [0.15, 0.2) is 48.5 Å². The molecular weight excluding hydrogens is 380 g/mol. The first-order valence-corrected chi connectivity index (χ1v) is 10.3. The van der Waals surface area contributed by atoms with Crippen molar-refractivity contribution in [3.8, 4) is 0 Å². The van der Waals surface area contributed by atoms with E-state index < -0.39 is 0 Å². The Labute approximate surface area is 167 Å². The lowest BCUT2D eigenvalue weighted by molar-refractivity contribution is 0.248. The van der Waals surface area contributed by atoms with E-state index in [0.29, 0.717) is 17.5 Å². The molecule has 1 fully saturated rings. The Morgan fingerprint density at radius 3 is 2.63 bits per heavy atom. The number of piperidine rings is 1. The monoisotopic (exact) mass is 400 g/mol. The van der Waals surface area contributed by atoms with E-state index >= 15 is 0 Å². The summed E-state index contributed by atoms with van der Waals surface area (Å²) in [6, 6.07) is 15.2. The van der Waals surface area contributed by atoms with Crippen LogP contribution in [0.3, 0.4) is 0 Å². The lowest BCUT2D eigenvalue weighted by Gasteiger charge is -2.31. The maximum absolute atomic E-state index is 12.1. The average Bonchev–Trinajstić information content (AvgIpc) is 3.13. The van der Waals surface area contributed by atoms with Gasteiger partial charge in [-0.05, 0) is 55.2 Å². The number of nitrogens with zero attached hydrogens (tertiary/aromatic N) is 2. The normalized spacial score (nSPS) is 15.1. The zero-order chi connectivity index (χ0) is 18.6. The molecular formula is C20H21ClN4OS. The van der Waals surface area contributed by atoms with Gasteiger partial charge in [-0.1, -0.05) is 35.1 Å². The summed E-state index contributed by atoms with van der Waals surface area (Å²) < 4.78 is 1.23. The van der Waals surface area contributed by atoms with Crippen molar-refractivity contribution in [1.29, 1.82) is 0 Å². The van der Waals surface area contributed by atoms with E-state index in [2.05, 4.69) is 33.7 Å². The van der Waals surface area contributed by atoms with Gasteiger partial charge in [0.05, 0.1) is 10.2 Å². The van der Waals surface area contributed by atoms with E-state index in [9.17, 15) is 4.79 Å². The summed E-state index contributed by atoms with van der Waals surface area (Å²) in [7, 11) is 0. The molecule has 0 spiro atoms. The fraction of sp³-hybridized carbons (Fsp3) is 0.300. The Morgan fingerprint density at radius 2 is 1.89 bits per heavy atom. The van der Waals surface area contributed by atoms with Crippen LogP contribution in [0.4, 0.5) is 15.6 Å². The second-order valence-electron chi connectivity index (χ2n) is 6.74. The molecule has 27 heavy (non-hydrogen) atoms. The summed E-state index contributed by atoms with van der Waals surface area (Å²) in [5, 5.41) is 7.56. The highest BCUT2D eigenvalue weighted by Crippen LogP contribution is 2.31. The standard InChI is InChI=1S/C20H21ClN4OS/c21-15-5-7-16(8-6-15)23-19(26)22-13-14-9-11-25(12-10-14)20-24-17-3-1-2-4-18(17)27-20/h1-8,14H,9-13H2,(H2,22,23,26). The van der Waals surface area contributed by atoms with Gasteiger partial charge < -0.3 is 15.5 Å². The summed E-state index contributed by atoms with van der Waals surface area (Å²) in [5.74, 6) is 0.492. The molecule has 5 nitrogen and oxygen atoms in total. The minimum Gasteiger partial charge on any atom is -0.348 e. The van der Waals surface area contributed by atoms with Crippen LogP contribution in [0.25, 0.3) is 10.2 Å². The summed E-state index contributed by atoms with van der Waals surface area (Å²) in [6.07, 6.45) is 2.11. The minimum absolute atomic E-state index is 0.175. The number of rotatable bonds is 4. The number of carbonyl (C=O) groups is 1. The summed E-state index contributed by atoms with van der Waals surface area (Å²) in [4.78, 5) is 19.2. The molecule has 0 saturated carbocycles. The van der Waals surface area contributed by atoms with Crippen molar-refractivity contribution >= 4 is 50.0 Å². The second kappa shape index (κ2) is 8.15. The molecule has 3 aromatic rings. The first kappa shape index (κ1) is 18.1. The Kier molecular flexibility index (Phi) is 5.45. The number of thiazole rings is 1. The molecule has 0 atom stereocenters. The number of anilines is 2. The van der Waals surface area contributed by atoms with Gasteiger partial charge in [0, 0.05) is 30.3 Å². The minimum atomic E-state index is -0.175. The second-order valence-corrected chi connectivity index (χ2v) is 8.18. The van der Waals surface area contributed by atoms with Crippen LogP contribution in [-0.2, 0) is 0 Å². The zero-order valence-electron chi connectivity index (χ0n) is 14.8. The third-order valence-corrected chi connectivity index (χ3v) is 6.17. The third kappa shape index (κ3) is 4.51. The number of fused-ring (bicyclic) bond motifs is 1. The Morgan fingerprint density at radius 1 is 1.15 bits per heavy atom. The molecule has 2 heterocycles. The first-order chi connectivity index (χ1) is 13.2. The number of aromatic nitrogens is 1. The van der Waals surface area contributed by atoms with Crippen LogP contribution >= 0.6 is 22.9 Å². The van der Waals surface area contributed by atoms with Crippen LogP contribution in [0.5, 0.6) is 0 Å². The maximum atomic E-state index is 12.1. The number of para-hydroxylation sites is 1. The molecule has 4 rings (SSSR count). The van der Waals surface area contributed by atoms with Gasteiger partial charge in [-0.15, -0.1) is 0 Å². The summed E-state index contributed by atoms with van der Waals surface area (Å²) >= 11 is 7.61. The van der Waals surface area contributed by atoms with Crippen molar-refractivity contribution in [3.63, 3.8) is 0 Å². The number of amides is 2. The predicted molar refractivity (Wildman–Crippen MR) is 113 cm³/mol. The number of benzene rings is 2. The zero-order valence-corrected chi connectivity index (χ0v) is 16.4. The van der Waals surface area contributed by atoms with Crippen LogP contribution in [0, 0.1) is 5.92 Å². The van der Waals surface area contributed by atoms with Crippen molar-refractivity contribution in [3.05, 3.63) is 53.6 Å². The van der Waals surface area contributed by atoms with Crippen LogP contribution in [0.1, 0.15) is 12.8 Å². The lowest BCUT2D eigenvalue weighted by atomic mass is 9.97. The SMILES string of the molecule is O=C(NCC1CCN(c2nc3ccccc3s2)CC1)Nc1ccc(Cl)cc1. The molecule has 0 unspecified atom stereocenters. The first-order valence-electron chi connectivity index (χ1n) is 9.08. The average molecular weight is 401 g/mol.